The molecule has 2 nitrogen and oxygen atoms in total. The van der Waals surface area contributed by atoms with E-state index in [4.69, 9.17) is 3.07 Å². The second-order valence-corrected chi connectivity index (χ2v) is 20.9. The Balaban J connectivity index is 2.49. The van der Waals surface area contributed by atoms with Crippen molar-refractivity contribution in [3.63, 3.8) is 0 Å². The summed E-state index contributed by atoms with van der Waals surface area (Å²) in [4.78, 5) is 16.8. The van der Waals surface area contributed by atoms with Crippen molar-refractivity contribution in [3.05, 3.63) is 29.8 Å². The molecule has 1 aliphatic heterocycles. The van der Waals surface area contributed by atoms with Gasteiger partial charge in [0.15, 0.2) is 0 Å². The second kappa shape index (κ2) is 3.20. The van der Waals surface area contributed by atoms with E-state index in [9.17, 15) is 4.79 Å². The molecule has 0 amide bonds. The van der Waals surface area contributed by atoms with Crippen LogP contribution in [0, 0.1) is 0 Å². The normalized spacial score (nSPS) is 19.1. The molecule has 1 heterocycles. The molecule has 0 aliphatic carbocycles. The molecule has 68 valence electrons. The van der Waals surface area contributed by atoms with Crippen LogP contribution in [-0.4, -0.2) is 23.4 Å². The molecule has 0 saturated carbocycles. The molecule has 0 bridgehead atoms. The Morgan fingerprint density at radius 3 is 2.77 bits per heavy atom. The number of carbonyl (C=O) groups is 1. The minimum atomic E-state index is -2.55. The summed E-state index contributed by atoms with van der Waals surface area (Å²) in [6.07, 6.45) is 0. The van der Waals surface area contributed by atoms with Gasteiger partial charge in [0.2, 0.25) is 0 Å². The van der Waals surface area contributed by atoms with Gasteiger partial charge in [0.25, 0.3) is 0 Å². The van der Waals surface area contributed by atoms with Crippen LogP contribution in [0.2, 0.25) is 9.88 Å². The van der Waals surface area contributed by atoms with Crippen molar-refractivity contribution in [2.45, 2.75) is 14.8 Å². The predicted molar refractivity (Wildman–Crippen MR) is 55.2 cm³/mol. The van der Waals surface area contributed by atoms with Gasteiger partial charge in [-0.3, -0.25) is 0 Å². The molecule has 13 heavy (non-hydrogen) atoms. The summed E-state index contributed by atoms with van der Waals surface area (Å²) >= 11 is -2.55. The summed E-state index contributed by atoms with van der Waals surface area (Å²) in [6.45, 7) is 0. The second-order valence-electron chi connectivity index (χ2n) is 3.39. The zero-order chi connectivity index (χ0) is 9.47. The Kier molecular flexibility index (Phi) is 2.31. The van der Waals surface area contributed by atoms with Gasteiger partial charge in [-0.25, -0.2) is 0 Å². The van der Waals surface area contributed by atoms with Crippen LogP contribution in [0.15, 0.2) is 29.2 Å². The van der Waals surface area contributed by atoms with Gasteiger partial charge in [-0.1, -0.05) is 0 Å². The first-order valence-corrected chi connectivity index (χ1v) is 15.3. The van der Waals surface area contributed by atoms with Crippen molar-refractivity contribution >= 4 is 32.3 Å². The van der Waals surface area contributed by atoms with Crippen LogP contribution in [0.1, 0.15) is 10.4 Å². The van der Waals surface area contributed by atoms with E-state index in [0.29, 0.717) is 0 Å². The third-order valence-corrected chi connectivity index (χ3v) is 11.5. The molecule has 2 rings (SSSR count). The summed E-state index contributed by atoms with van der Waals surface area (Å²) in [7, 11) is 1.78. The number of hydrogen-bond donors (Lipinski definition) is 0. The Labute approximate surface area is 84.5 Å². The number of hydrogen-bond acceptors (Lipinski definition) is 3. The maximum atomic E-state index is 11.5. The van der Waals surface area contributed by atoms with Gasteiger partial charge in [-0.2, -0.15) is 0 Å². The molecule has 1 aromatic rings. The van der Waals surface area contributed by atoms with Crippen molar-refractivity contribution in [1.82, 2.24) is 0 Å². The summed E-state index contributed by atoms with van der Waals surface area (Å²) in [5.74, 6) is -0.129. The first-order valence-electron chi connectivity index (χ1n) is 4.10. The fourth-order valence-corrected chi connectivity index (χ4v) is 10.8. The van der Waals surface area contributed by atoms with Gasteiger partial charge >= 0.3 is 84.8 Å². The third-order valence-electron chi connectivity index (χ3n) is 1.80. The number of rotatable bonds is 0. The first kappa shape index (κ1) is 9.40. The summed E-state index contributed by atoms with van der Waals surface area (Å²) in [6, 6.07) is 7.66. The van der Waals surface area contributed by atoms with Crippen molar-refractivity contribution < 1.29 is 7.87 Å². The number of fused-ring (bicyclic) bond motifs is 1. The molecule has 0 unspecified atom stereocenters. The third kappa shape index (κ3) is 1.86. The van der Waals surface area contributed by atoms with Gasteiger partial charge in [-0.05, 0) is 0 Å². The number of benzene rings is 1. The van der Waals surface area contributed by atoms with E-state index in [0.717, 1.165) is 10.5 Å². The van der Waals surface area contributed by atoms with Crippen molar-refractivity contribution in [2.24, 2.45) is 0 Å². The van der Waals surface area contributed by atoms with E-state index in [2.05, 4.69) is 9.88 Å². The SMILES string of the molecule is [CH3][Sn]1([CH3])[O]C(=O)c2ccccc2[S]1. The zero-order valence-corrected chi connectivity index (χ0v) is 11.2. The summed E-state index contributed by atoms with van der Waals surface area (Å²) in [5.41, 5.74) is 0.725. The molecule has 1 aromatic carbocycles. The molecule has 1 aliphatic rings. The van der Waals surface area contributed by atoms with Gasteiger partial charge in [-0.15, -0.1) is 0 Å². The Hall–Kier alpha value is -0.161. The summed E-state index contributed by atoms with van der Waals surface area (Å²) in [5, 5.41) is 0. The quantitative estimate of drug-likeness (QED) is 0.689. The van der Waals surface area contributed by atoms with Crippen LogP contribution in [0.5, 0.6) is 0 Å². The van der Waals surface area contributed by atoms with Crippen LogP contribution in [0.25, 0.3) is 0 Å². The molecule has 0 saturated heterocycles. The van der Waals surface area contributed by atoms with Crippen molar-refractivity contribution in [1.29, 1.82) is 0 Å². The van der Waals surface area contributed by atoms with Crippen molar-refractivity contribution in [3.8, 4) is 0 Å². The molecule has 0 spiro atoms. The van der Waals surface area contributed by atoms with Gasteiger partial charge < -0.3 is 0 Å². The first-order chi connectivity index (χ1) is 6.08. The van der Waals surface area contributed by atoms with Crippen LogP contribution < -0.4 is 0 Å². The van der Waals surface area contributed by atoms with Crippen LogP contribution in [0.3, 0.4) is 0 Å². The fraction of sp³-hybridized carbons (Fsp3) is 0.222. The van der Waals surface area contributed by atoms with E-state index in [1.165, 1.54) is 0 Å². The molecule has 0 atom stereocenters. The average molecular weight is 301 g/mol. The standard InChI is InChI=1S/C7H6O2S.2CH3.Sn/c8-7(9)5-3-1-2-4-6(5)10;;;/h1-4,10H,(H,8,9);2*1H3;/q;;;+2/p-2. The molecular weight excluding hydrogens is 291 g/mol. The fourth-order valence-electron chi connectivity index (χ4n) is 1.29. The van der Waals surface area contributed by atoms with E-state index in [-0.39, 0.29) is 5.97 Å². The van der Waals surface area contributed by atoms with E-state index in [1.807, 2.05) is 24.3 Å². The molecule has 0 radical (unpaired) electrons. The topological polar surface area (TPSA) is 26.3 Å². The molecular formula is C9H10O2SSn. The van der Waals surface area contributed by atoms with Crippen LogP contribution in [0.4, 0.5) is 0 Å². The van der Waals surface area contributed by atoms with Crippen LogP contribution >= 0.6 is 8.95 Å². The molecule has 4 heteroatoms. The Morgan fingerprint density at radius 2 is 2.00 bits per heavy atom. The predicted octanol–water partition coefficient (Wildman–Crippen LogP) is 2.65. The molecule has 0 fully saturated rings. The average Bonchev–Trinajstić information content (AvgIpc) is 2.02. The minimum absolute atomic E-state index is 0.129. The number of carbonyl (C=O) groups excluding carboxylic acids is 1. The Bertz CT molecular complexity index is 362. The Morgan fingerprint density at radius 1 is 1.31 bits per heavy atom. The van der Waals surface area contributed by atoms with E-state index < -0.39 is 17.4 Å². The van der Waals surface area contributed by atoms with Gasteiger partial charge in [0, 0.05) is 0 Å². The van der Waals surface area contributed by atoms with Crippen molar-refractivity contribution in [2.75, 3.05) is 0 Å². The summed E-state index contributed by atoms with van der Waals surface area (Å²) < 4.78 is 5.43. The molecule has 0 aromatic heterocycles. The monoisotopic (exact) mass is 302 g/mol. The van der Waals surface area contributed by atoms with E-state index in [1.54, 1.807) is 8.95 Å². The van der Waals surface area contributed by atoms with Gasteiger partial charge in [0.05, 0.1) is 0 Å². The van der Waals surface area contributed by atoms with Crippen LogP contribution in [-0.2, 0) is 3.07 Å². The maximum absolute atomic E-state index is 11.5. The van der Waals surface area contributed by atoms with Gasteiger partial charge in [0.1, 0.15) is 0 Å². The molecule has 0 N–H and O–H groups in total. The zero-order valence-electron chi connectivity index (χ0n) is 7.53. The van der Waals surface area contributed by atoms with E-state index >= 15 is 0 Å².